The summed E-state index contributed by atoms with van der Waals surface area (Å²) in [5, 5.41) is 4.45. The highest BCUT2D eigenvalue weighted by Gasteiger charge is 2.19. The van der Waals surface area contributed by atoms with E-state index < -0.39 is 0 Å². The van der Waals surface area contributed by atoms with Gasteiger partial charge in [0, 0.05) is 24.8 Å². The van der Waals surface area contributed by atoms with Gasteiger partial charge in [-0.1, -0.05) is 18.2 Å². The molecule has 0 amide bonds. The molecular formula is C17H23N3. The Balaban J connectivity index is 1.91. The summed E-state index contributed by atoms with van der Waals surface area (Å²) in [6.45, 7) is 6.86. The molecule has 2 heterocycles. The molecule has 0 bridgehead atoms. The molecule has 1 atom stereocenters. The molecule has 0 N–H and O–H groups in total. The second kappa shape index (κ2) is 5.41. The van der Waals surface area contributed by atoms with Crippen molar-refractivity contribution in [2.24, 2.45) is 7.05 Å². The SMILES string of the molecule is Cc1nn(C)cc1-c1cccc([C@@H](C)N2CCCC2)c1. The van der Waals surface area contributed by atoms with E-state index in [-0.39, 0.29) is 0 Å². The number of aryl methyl sites for hydroxylation is 2. The van der Waals surface area contributed by atoms with E-state index in [1.54, 1.807) is 0 Å². The lowest BCUT2D eigenvalue weighted by molar-refractivity contribution is 0.263. The van der Waals surface area contributed by atoms with Gasteiger partial charge in [0.2, 0.25) is 0 Å². The molecule has 1 fully saturated rings. The van der Waals surface area contributed by atoms with Crippen molar-refractivity contribution >= 4 is 0 Å². The van der Waals surface area contributed by atoms with Crippen LogP contribution in [0.3, 0.4) is 0 Å². The van der Waals surface area contributed by atoms with Crippen molar-refractivity contribution in [2.45, 2.75) is 32.7 Å². The van der Waals surface area contributed by atoms with E-state index in [2.05, 4.69) is 54.3 Å². The zero-order valence-corrected chi connectivity index (χ0v) is 12.6. The molecule has 0 radical (unpaired) electrons. The molecule has 0 aliphatic carbocycles. The van der Waals surface area contributed by atoms with Crippen molar-refractivity contribution in [1.82, 2.24) is 14.7 Å². The van der Waals surface area contributed by atoms with Gasteiger partial charge in [-0.25, -0.2) is 0 Å². The average molecular weight is 269 g/mol. The first kappa shape index (κ1) is 13.4. The van der Waals surface area contributed by atoms with E-state index in [0.717, 1.165) is 5.69 Å². The lowest BCUT2D eigenvalue weighted by atomic mass is 10.00. The van der Waals surface area contributed by atoms with Gasteiger partial charge in [0.25, 0.3) is 0 Å². The van der Waals surface area contributed by atoms with Crippen LogP contribution in [-0.2, 0) is 7.05 Å². The van der Waals surface area contributed by atoms with Crippen LogP contribution in [0.4, 0.5) is 0 Å². The molecule has 1 aliphatic heterocycles. The highest BCUT2D eigenvalue weighted by atomic mass is 15.2. The van der Waals surface area contributed by atoms with Gasteiger partial charge in [-0.3, -0.25) is 9.58 Å². The molecule has 0 saturated carbocycles. The van der Waals surface area contributed by atoms with Gasteiger partial charge in [0.05, 0.1) is 5.69 Å². The predicted octanol–water partition coefficient (Wildman–Crippen LogP) is 3.55. The van der Waals surface area contributed by atoms with Crippen LogP contribution in [0.25, 0.3) is 11.1 Å². The fourth-order valence-corrected chi connectivity index (χ4v) is 3.19. The van der Waals surface area contributed by atoms with Gasteiger partial charge < -0.3 is 0 Å². The zero-order valence-electron chi connectivity index (χ0n) is 12.6. The monoisotopic (exact) mass is 269 g/mol. The number of hydrogen-bond acceptors (Lipinski definition) is 2. The minimum atomic E-state index is 0.509. The molecule has 106 valence electrons. The third-order valence-corrected chi connectivity index (χ3v) is 4.38. The minimum Gasteiger partial charge on any atom is -0.297 e. The Hall–Kier alpha value is -1.61. The largest absolute Gasteiger partial charge is 0.297 e. The Kier molecular flexibility index (Phi) is 3.62. The first-order valence-electron chi connectivity index (χ1n) is 7.50. The van der Waals surface area contributed by atoms with Crippen LogP contribution in [0.1, 0.15) is 37.1 Å². The van der Waals surface area contributed by atoms with E-state index in [0.29, 0.717) is 6.04 Å². The Bertz CT molecular complexity index is 594. The Labute approximate surface area is 121 Å². The van der Waals surface area contributed by atoms with Gasteiger partial charge >= 0.3 is 0 Å². The summed E-state index contributed by atoms with van der Waals surface area (Å²) in [6, 6.07) is 9.44. The standard InChI is InChI=1S/C17H23N3/c1-13-17(12-19(3)18-13)16-8-6-7-15(11-16)14(2)20-9-4-5-10-20/h6-8,11-12,14H,4-5,9-10H2,1-3H3/t14-/m1/s1. The van der Waals surface area contributed by atoms with E-state index >= 15 is 0 Å². The van der Waals surface area contributed by atoms with Crippen LogP contribution in [-0.4, -0.2) is 27.8 Å². The van der Waals surface area contributed by atoms with Gasteiger partial charge in [0.15, 0.2) is 0 Å². The Morgan fingerprint density at radius 3 is 2.60 bits per heavy atom. The van der Waals surface area contributed by atoms with Gasteiger partial charge in [-0.2, -0.15) is 5.10 Å². The minimum absolute atomic E-state index is 0.509. The predicted molar refractivity (Wildman–Crippen MR) is 82.6 cm³/mol. The molecule has 1 aliphatic rings. The number of aromatic nitrogens is 2. The number of nitrogens with zero attached hydrogens (tertiary/aromatic N) is 3. The number of hydrogen-bond donors (Lipinski definition) is 0. The topological polar surface area (TPSA) is 21.1 Å². The molecule has 3 heteroatoms. The van der Waals surface area contributed by atoms with E-state index in [1.165, 1.54) is 42.6 Å². The second-order valence-electron chi connectivity index (χ2n) is 5.85. The Morgan fingerprint density at radius 1 is 1.20 bits per heavy atom. The third-order valence-electron chi connectivity index (χ3n) is 4.38. The molecule has 3 rings (SSSR count). The normalized spacial score (nSPS) is 17.6. The maximum absolute atomic E-state index is 4.45. The molecule has 2 aromatic rings. The van der Waals surface area contributed by atoms with Crippen molar-refractivity contribution in [3.63, 3.8) is 0 Å². The zero-order chi connectivity index (χ0) is 14.1. The summed E-state index contributed by atoms with van der Waals surface area (Å²) in [5.74, 6) is 0. The fraction of sp³-hybridized carbons (Fsp3) is 0.471. The summed E-state index contributed by atoms with van der Waals surface area (Å²) in [7, 11) is 1.98. The quantitative estimate of drug-likeness (QED) is 0.849. The van der Waals surface area contributed by atoms with E-state index in [9.17, 15) is 0 Å². The van der Waals surface area contributed by atoms with Crippen molar-refractivity contribution in [2.75, 3.05) is 13.1 Å². The highest BCUT2D eigenvalue weighted by molar-refractivity contribution is 5.65. The van der Waals surface area contributed by atoms with Crippen LogP contribution >= 0.6 is 0 Å². The van der Waals surface area contributed by atoms with Crippen LogP contribution in [0.5, 0.6) is 0 Å². The third kappa shape index (κ3) is 2.50. The molecule has 0 unspecified atom stereocenters. The van der Waals surface area contributed by atoms with Crippen LogP contribution in [0, 0.1) is 6.92 Å². The molecule has 20 heavy (non-hydrogen) atoms. The number of rotatable bonds is 3. The van der Waals surface area contributed by atoms with Crippen LogP contribution in [0.15, 0.2) is 30.5 Å². The summed E-state index contributed by atoms with van der Waals surface area (Å²) >= 11 is 0. The van der Waals surface area contributed by atoms with E-state index in [4.69, 9.17) is 0 Å². The molecule has 1 saturated heterocycles. The molecular weight excluding hydrogens is 246 g/mol. The number of likely N-dealkylation sites (tertiary alicyclic amines) is 1. The maximum atomic E-state index is 4.45. The van der Waals surface area contributed by atoms with E-state index in [1.807, 2.05) is 11.7 Å². The lowest BCUT2D eigenvalue weighted by Crippen LogP contribution is -2.23. The lowest BCUT2D eigenvalue weighted by Gasteiger charge is -2.24. The Morgan fingerprint density at radius 2 is 1.95 bits per heavy atom. The van der Waals surface area contributed by atoms with Crippen LogP contribution in [0.2, 0.25) is 0 Å². The van der Waals surface area contributed by atoms with Crippen molar-refractivity contribution in [1.29, 1.82) is 0 Å². The van der Waals surface area contributed by atoms with Crippen molar-refractivity contribution < 1.29 is 0 Å². The van der Waals surface area contributed by atoms with Crippen molar-refractivity contribution in [3.8, 4) is 11.1 Å². The number of benzene rings is 1. The molecule has 3 nitrogen and oxygen atoms in total. The average Bonchev–Trinajstić information content (AvgIpc) is 3.08. The summed E-state index contributed by atoms with van der Waals surface area (Å²) < 4.78 is 1.89. The first-order chi connectivity index (χ1) is 9.65. The van der Waals surface area contributed by atoms with Crippen LogP contribution < -0.4 is 0 Å². The smallest absolute Gasteiger partial charge is 0.0671 e. The summed E-state index contributed by atoms with van der Waals surface area (Å²) in [5.41, 5.74) is 5.02. The van der Waals surface area contributed by atoms with Gasteiger partial charge in [-0.15, -0.1) is 0 Å². The summed E-state index contributed by atoms with van der Waals surface area (Å²) in [4.78, 5) is 2.58. The fourth-order valence-electron chi connectivity index (χ4n) is 3.19. The highest BCUT2D eigenvalue weighted by Crippen LogP contribution is 2.29. The molecule has 1 aromatic heterocycles. The maximum Gasteiger partial charge on any atom is 0.0671 e. The molecule has 0 spiro atoms. The second-order valence-corrected chi connectivity index (χ2v) is 5.85. The first-order valence-corrected chi connectivity index (χ1v) is 7.50. The van der Waals surface area contributed by atoms with Gasteiger partial charge in [0.1, 0.15) is 0 Å². The summed E-state index contributed by atoms with van der Waals surface area (Å²) in [6.07, 6.45) is 4.78. The van der Waals surface area contributed by atoms with Gasteiger partial charge in [-0.05, 0) is 57.0 Å². The van der Waals surface area contributed by atoms with Crippen molar-refractivity contribution in [3.05, 3.63) is 41.7 Å². The molecule has 1 aromatic carbocycles.